The Bertz CT molecular complexity index is 532. The van der Waals surface area contributed by atoms with Crippen molar-refractivity contribution < 1.29 is 19.1 Å². The zero-order valence-electron chi connectivity index (χ0n) is 12.0. The first-order valence-corrected chi connectivity index (χ1v) is 6.36. The molecule has 0 bridgehead atoms. The summed E-state index contributed by atoms with van der Waals surface area (Å²) in [5, 5.41) is 7.66. The molecule has 0 N–H and O–H groups in total. The van der Waals surface area contributed by atoms with Crippen LogP contribution in [0.5, 0.6) is 0 Å². The number of anilines is 1. The second-order valence-corrected chi connectivity index (χ2v) is 5.46. The first-order valence-electron chi connectivity index (χ1n) is 6.36. The summed E-state index contributed by atoms with van der Waals surface area (Å²) in [6.45, 7) is 6.40. The van der Waals surface area contributed by atoms with E-state index < -0.39 is 17.7 Å². The normalized spacial score (nSPS) is 14.7. The third kappa shape index (κ3) is 2.73. The van der Waals surface area contributed by atoms with Gasteiger partial charge in [-0.2, -0.15) is 0 Å². The van der Waals surface area contributed by atoms with Gasteiger partial charge in [0, 0.05) is 13.1 Å². The lowest BCUT2D eigenvalue weighted by molar-refractivity contribution is 0.0570. The molecule has 0 atom stereocenters. The van der Waals surface area contributed by atoms with Crippen LogP contribution >= 0.6 is 0 Å². The van der Waals surface area contributed by atoms with E-state index in [2.05, 4.69) is 15.0 Å². The summed E-state index contributed by atoms with van der Waals surface area (Å²) in [5.41, 5.74) is -0.587. The minimum absolute atomic E-state index is 0.0260. The van der Waals surface area contributed by atoms with Crippen LogP contribution in [0.25, 0.3) is 0 Å². The quantitative estimate of drug-likeness (QED) is 0.719. The molecule has 0 unspecified atom stereocenters. The van der Waals surface area contributed by atoms with Crippen molar-refractivity contribution >= 4 is 17.9 Å². The topological polar surface area (TPSA) is 86.5 Å². The van der Waals surface area contributed by atoms with E-state index in [-0.39, 0.29) is 5.69 Å². The molecular weight excluding hydrogens is 264 g/mol. The van der Waals surface area contributed by atoms with Gasteiger partial charge in [0.2, 0.25) is 5.69 Å². The van der Waals surface area contributed by atoms with Crippen molar-refractivity contribution in [2.24, 2.45) is 0 Å². The summed E-state index contributed by atoms with van der Waals surface area (Å²) < 4.78 is 11.5. The summed E-state index contributed by atoms with van der Waals surface area (Å²) in [6, 6.07) is 0. The molecule has 1 aliphatic rings. The third-order valence-electron chi connectivity index (χ3n) is 2.71. The number of ether oxygens (including phenoxy) is 2. The van der Waals surface area contributed by atoms with Crippen LogP contribution in [0.15, 0.2) is 0 Å². The second kappa shape index (κ2) is 5.10. The second-order valence-electron chi connectivity index (χ2n) is 5.46. The van der Waals surface area contributed by atoms with Crippen LogP contribution in [0.3, 0.4) is 0 Å². The zero-order valence-corrected chi connectivity index (χ0v) is 12.0. The summed E-state index contributed by atoms with van der Waals surface area (Å²) in [6.07, 6.45) is 0.196. The number of methoxy groups -OCH3 is 1. The van der Waals surface area contributed by atoms with E-state index in [0.717, 1.165) is 6.42 Å². The molecule has 1 aromatic rings. The van der Waals surface area contributed by atoms with E-state index in [1.54, 1.807) is 20.8 Å². The summed E-state index contributed by atoms with van der Waals surface area (Å²) in [5.74, 6) is -0.293. The van der Waals surface area contributed by atoms with Gasteiger partial charge in [0.15, 0.2) is 5.82 Å². The Labute approximate surface area is 116 Å². The number of hydrogen-bond donors (Lipinski definition) is 0. The monoisotopic (exact) mass is 282 g/mol. The fourth-order valence-electron chi connectivity index (χ4n) is 1.93. The van der Waals surface area contributed by atoms with Crippen molar-refractivity contribution in [3.8, 4) is 0 Å². The predicted octanol–water partition coefficient (Wildman–Crippen LogP) is 1.21. The van der Waals surface area contributed by atoms with Crippen molar-refractivity contribution in [3.05, 3.63) is 5.69 Å². The van der Waals surface area contributed by atoms with Crippen molar-refractivity contribution in [1.29, 1.82) is 0 Å². The van der Waals surface area contributed by atoms with Crippen LogP contribution < -0.4 is 4.90 Å². The van der Waals surface area contributed by atoms with Gasteiger partial charge in [0.25, 0.3) is 0 Å². The van der Waals surface area contributed by atoms with Crippen molar-refractivity contribution in [3.63, 3.8) is 0 Å². The fraction of sp³-hybridized carbons (Fsp3) is 0.667. The Morgan fingerprint density at radius 3 is 2.55 bits per heavy atom. The molecule has 110 valence electrons. The van der Waals surface area contributed by atoms with Crippen LogP contribution in [0.1, 0.15) is 37.7 Å². The summed E-state index contributed by atoms with van der Waals surface area (Å²) in [7, 11) is 1.26. The van der Waals surface area contributed by atoms with Gasteiger partial charge in [-0.15, -0.1) is 5.10 Å². The van der Waals surface area contributed by atoms with Crippen molar-refractivity contribution in [2.75, 3.05) is 18.6 Å². The van der Waals surface area contributed by atoms with E-state index in [9.17, 15) is 9.59 Å². The maximum atomic E-state index is 12.2. The summed E-state index contributed by atoms with van der Waals surface area (Å²) >= 11 is 0. The first-order chi connectivity index (χ1) is 9.33. The van der Waals surface area contributed by atoms with Crippen LogP contribution in [-0.4, -0.2) is 46.3 Å². The number of nitrogens with zero attached hydrogens (tertiary/aromatic N) is 4. The molecule has 8 heteroatoms. The minimum Gasteiger partial charge on any atom is -0.464 e. The molecule has 1 amide bonds. The number of fused-ring (bicyclic) bond motifs is 1. The SMILES string of the molecule is COC(=O)c1nnn2c1N(C(=O)OC(C)(C)C)CCC2. The third-order valence-corrected chi connectivity index (χ3v) is 2.71. The smallest absolute Gasteiger partial charge is 0.416 e. The molecule has 0 fully saturated rings. The Morgan fingerprint density at radius 2 is 1.95 bits per heavy atom. The van der Waals surface area contributed by atoms with Gasteiger partial charge in [-0.1, -0.05) is 5.21 Å². The molecule has 0 spiro atoms. The number of esters is 1. The molecule has 8 nitrogen and oxygen atoms in total. The maximum absolute atomic E-state index is 12.2. The van der Waals surface area contributed by atoms with Gasteiger partial charge in [-0.05, 0) is 27.2 Å². The predicted molar refractivity (Wildman–Crippen MR) is 69.6 cm³/mol. The Morgan fingerprint density at radius 1 is 1.25 bits per heavy atom. The average molecular weight is 282 g/mol. The molecule has 0 radical (unpaired) electrons. The van der Waals surface area contributed by atoms with Gasteiger partial charge in [-0.3, -0.25) is 4.90 Å². The fourth-order valence-corrected chi connectivity index (χ4v) is 1.93. The molecule has 0 saturated heterocycles. The summed E-state index contributed by atoms with van der Waals surface area (Å²) in [4.78, 5) is 25.3. The minimum atomic E-state index is -0.623. The maximum Gasteiger partial charge on any atom is 0.416 e. The number of carbonyl (C=O) groups is 2. The van der Waals surface area contributed by atoms with Crippen molar-refractivity contribution in [2.45, 2.75) is 39.3 Å². The Kier molecular flexibility index (Phi) is 3.65. The molecule has 1 aromatic heterocycles. The lowest BCUT2D eigenvalue weighted by Gasteiger charge is -2.30. The van der Waals surface area contributed by atoms with E-state index >= 15 is 0 Å². The number of aryl methyl sites for hydroxylation is 1. The highest BCUT2D eigenvalue weighted by Crippen LogP contribution is 2.25. The largest absolute Gasteiger partial charge is 0.464 e. The van der Waals surface area contributed by atoms with Crippen LogP contribution in [-0.2, 0) is 16.0 Å². The Balaban J connectivity index is 2.34. The van der Waals surface area contributed by atoms with Crippen LogP contribution in [0.2, 0.25) is 0 Å². The number of hydrogen-bond acceptors (Lipinski definition) is 6. The number of aromatic nitrogens is 3. The lowest BCUT2D eigenvalue weighted by atomic mass is 10.2. The number of rotatable bonds is 1. The average Bonchev–Trinajstić information content (AvgIpc) is 2.79. The molecule has 0 aliphatic carbocycles. The van der Waals surface area contributed by atoms with Gasteiger partial charge >= 0.3 is 12.1 Å². The highest BCUT2D eigenvalue weighted by molar-refractivity contribution is 5.98. The molecule has 1 aliphatic heterocycles. The lowest BCUT2D eigenvalue weighted by Crippen LogP contribution is -2.42. The van der Waals surface area contributed by atoms with Gasteiger partial charge in [-0.25, -0.2) is 14.3 Å². The zero-order chi connectivity index (χ0) is 14.9. The molecule has 0 saturated carbocycles. The van der Waals surface area contributed by atoms with E-state index in [0.29, 0.717) is 18.9 Å². The molecule has 0 aromatic carbocycles. The molecule has 2 heterocycles. The highest BCUT2D eigenvalue weighted by atomic mass is 16.6. The van der Waals surface area contributed by atoms with Crippen LogP contribution in [0, 0.1) is 0 Å². The highest BCUT2D eigenvalue weighted by Gasteiger charge is 2.33. The van der Waals surface area contributed by atoms with Gasteiger partial charge in [0.1, 0.15) is 5.60 Å². The van der Waals surface area contributed by atoms with E-state index in [4.69, 9.17) is 4.74 Å². The number of amides is 1. The van der Waals surface area contributed by atoms with E-state index in [1.165, 1.54) is 16.7 Å². The standard InChI is InChI=1S/C12H18N4O4/c1-12(2,3)20-11(18)15-6-5-7-16-9(15)8(13-14-16)10(17)19-4/h5-7H2,1-4H3. The molecular formula is C12H18N4O4. The molecule has 20 heavy (non-hydrogen) atoms. The van der Waals surface area contributed by atoms with E-state index in [1.807, 2.05) is 0 Å². The molecule has 2 rings (SSSR count). The van der Waals surface area contributed by atoms with Crippen molar-refractivity contribution in [1.82, 2.24) is 15.0 Å². The van der Waals surface area contributed by atoms with Gasteiger partial charge < -0.3 is 9.47 Å². The Hall–Kier alpha value is -2.12. The first kappa shape index (κ1) is 14.3. The number of carbonyl (C=O) groups excluding carboxylic acids is 2. The van der Waals surface area contributed by atoms with Gasteiger partial charge in [0.05, 0.1) is 7.11 Å². The van der Waals surface area contributed by atoms with Crippen LogP contribution in [0.4, 0.5) is 10.6 Å².